The van der Waals surface area contributed by atoms with Crippen LogP contribution in [-0.4, -0.2) is 19.6 Å². The first-order chi connectivity index (χ1) is 8.17. The molecular weight excluding hydrogens is 214 g/mol. The molecule has 0 saturated carbocycles. The number of amides is 1. The SMILES string of the molecule is CCCOc1ccc(C(C)CC(=O)NC)cc1. The fourth-order valence-corrected chi connectivity index (χ4v) is 1.61. The number of carbonyl (C=O) groups is 1. The first-order valence-electron chi connectivity index (χ1n) is 6.10. The minimum Gasteiger partial charge on any atom is -0.494 e. The molecule has 17 heavy (non-hydrogen) atoms. The van der Waals surface area contributed by atoms with Crippen molar-refractivity contribution in [2.75, 3.05) is 13.7 Å². The van der Waals surface area contributed by atoms with Crippen LogP contribution in [0.1, 0.15) is 38.2 Å². The van der Waals surface area contributed by atoms with E-state index in [0.717, 1.165) is 24.3 Å². The first kappa shape index (κ1) is 13.6. The van der Waals surface area contributed by atoms with E-state index < -0.39 is 0 Å². The zero-order valence-corrected chi connectivity index (χ0v) is 10.8. The minimum atomic E-state index is 0.0730. The van der Waals surface area contributed by atoms with Crippen molar-refractivity contribution in [3.05, 3.63) is 29.8 Å². The molecule has 0 radical (unpaired) electrons. The third kappa shape index (κ3) is 4.47. The summed E-state index contributed by atoms with van der Waals surface area (Å²) >= 11 is 0. The van der Waals surface area contributed by atoms with E-state index in [1.165, 1.54) is 0 Å². The largest absolute Gasteiger partial charge is 0.494 e. The van der Waals surface area contributed by atoms with E-state index in [2.05, 4.69) is 19.2 Å². The van der Waals surface area contributed by atoms with Gasteiger partial charge in [-0.1, -0.05) is 26.0 Å². The minimum absolute atomic E-state index is 0.0730. The molecule has 1 rings (SSSR count). The molecule has 3 nitrogen and oxygen atoms in total. The molecule has 0 aliphatic heterocycles. The fraction of sp³-hybridized carbons (Fsp3) is 0.500. The molecule has 3 heteroatoms. The van der Waals surface area contributed by atoms with E-state index in [1.54, 1.807) is 7.05 Å². The van der Waals surface area contributed by atoms with Crippen LogP contribution in [0, 0.1) is 0 Å². The van der Waals surface area contributed by atoms with Crippen LogP contribution >= 0.6 is 0 Å². The summed E-state index contributed by atoms with van der Waals surface area (Å²) < 4.78 is 5.51. The maximum atomic E-state index is 11.3. The standard InChI is InChI=1S/C14H21NO2/c1-4-9-17-13-7-5-12(6-8-13)11(2)10-14(16)15-3/h5-8,11H,4,9-10H2,1-3H3,(H,15,16). The Hall–Kier alpha value is -1.51. The Bertz CT molecular complexity index is 346. The molecule has 1 amide bonds. The van der Waals surface area contributed by atoms with Crippen molar-refractivity contribution < 1.29 is 9.53 Å². The van der Waals surface area contributed by atoms with Crippen LogP contribution in [-0.2, 0) is 4.79 Å². The normalized spacial score (nSPS) is 11.9. The Morgan fingerprint density at radius 1 is 1.35 bits per heavy atom. The summed E-state index contributed by atoms with van der Waals surface area (Å²) in [6.07, 6.45) is 1.53. The van der Waals surface area contributed by atoms with Gasteiger partial charge in [0.25, 0.3) is 0 Å². The number of rotatable bonds is 6. The highest BCUT2D eigenvalue weighted by molar-refractivity contribution is 5.76. The van der Waals surface area contributed by atoms with Crippen LogP contribution in [0.2, 0.25) is 0 Å². The monoisotopic (exact) mass is 235 g/mol. The molecule has 94 valence electrons. The molecule has 1 aromatic rings. The summed E-state index contributed by atoms with van der Waals surface area (Å²) in [4.78, 5) is 11.3. The number of hydrogen-bond donors (Lipinski definition) is 1. The first-order valence-corrected chi connectivity index (χ1v) is 6.10. The molecule has 0 heterocycles. The third-order valence-corrected chi connectivity index (χ3v) is 2.69. The van der Waals surface area contributed by atoms with Gasteiger partial charge in [-0.25, -0.2) is 0 Å². The van der Waals surface area contributed by atoms with Crippen LogP contribution < -0.4 is 10.1 Å². The molecule has 0 aromatic heterocycles. The zero-order valence-electron chi connectivity index (χ0n) is 10.8. The molecular formula is C14H21NO2. The lowest BCUT2D eigenvalue weighted by molar-refractivity contribution is -0.120. The van der Waals surface area contributed by atoms with Crippen LogP contribution in [0.5, 0.6) is 5.75 Å². The lowest BCUT2D eigenvalue weighted by Crippen LogP contribution is -2.19. The predicted octanol–water partition coefficient (Wildman–Crippen LogP) is 2.72. The highest BCUT2D eigenvalue weighted by Gasteiger charge is 2.09. The number of hydrogen-bond acceptors (Lipinski definition) is 2. The van der Waals surface area contributed by atoms with Gasteiger partial charge in [0.1, 0.15) is 5.75 Å². The molecule has 1 unspecified atom stereocenters. The number of carbonyl (C=O) groups excluding carboxylic acids is 1. The van der Waals surface area contributed by atoms with Crippen molar-refractivity contribution in [1.82, 2.24) is 5.32 Å². The Morgan fingerprint density at radius 2 is 2.00 bits per heavy atom. The van der Waals surface area contributed by atoms with Crippen LogP contribution in [0.25, 0.3) is 0 Å². The van der Waals surface area contributed by atoms with Crippen molar-refractivity contribution in [3.63, 3.8) is 0 Å². The van der Waals surface area contributed by atoms with Gasteiger partial charge in [0.15, 0.2) is 0 Å². The molecule has 0 spiro atoms. The van der Waals surface area contributed by atoms with E-state index >= 15 is 0 Å². The van der Waals surface area contributed by atoms with Gasteiger partial charge in [0, 0.05) is 13.5 Å². The van der Waals surface area contributed by atoms with Crippen LogP contribution in [0.4, 0.5) is 0 Å². The molecule has 1 atom stereocenters. The molecule has 1 aromatic carbocycles. The molecule has 0 aliphatic carbocycles. The van der Waals surface area contributed by atoms with Crippen LogP contribution in [0.15, 0.2) is 24.3 Å². The zero-order chi connectivity index (χ0) is 12.7. The summed E-state index contributed by atoms with van der Waals surface area (Å²) in [5.74, 6) is 1.20. The summed E-state index contributed by atoms with van der Waals surface area (Å²) in [7, 11) is 1.66. The Balaban J connectivity index is 2.57. The Kier molecular flexibility index (Phi) is 5.53. The van der Waals surface area contributed by atoms with Gasteiger partial charge in [-0.15, -0.1) is 0 Å². The van der Waals surface area contributed by atoms with Gasteiger partial charge in [-0.3, -0.25) is 4.79 Å². The van der Waals surface area contributed by atoms with Gasteiger partial charge in [0.2, 0.25) is 5.91 Å². The van der Waals surface area contributed by atoms with Crippen molar-refractivity contribution in [3.8, 4) is 5.75 Å². The average molecular weight is 235 g/mol. The highest BCUT2D eigenvalue weighted by atomic mass is 16.5. The predicted molar refractivity (Wildman–Crippen MR) is 69.3 cm³/mol. The van der Waals surface area contributed by atoms with Crippen molar-refractivity contribution >= 4 is 5.91 Å². The van der Waals surface area contributed by atoms with Gasteiger partial charge in [0.05, 0.1) is 6.61 Å². The van der Waals surface area contributed by atoms with Gasteiger partial charge >= 0.3 is 0 Å². The highest BCUT2D eigenvalue weighted by Crippen LogP contribution is 2.21. The van der Waals surface area contributed by atoms with E-state index in [9.17, 15) is 4.79 Å². The maximum absolute atomic E-state index is 11.3. The third-order valence-electron chi connectivity index (χ3n) is 2.69. The second-order valence-corrected chi connectivity index (χ2v) is 4.20. The second kappa shape index (κ2) is 6.94. The quantitative estimate of drug-likeness (QED) is 0.823. The smallest absolute Gasteiger partial charge is 0.220 e. The maximum Gasteiger partial charge on any atom is 0.220 e. The van der Waals surface area contributed by atoms with Gasteiger partial charge < -0.3 is 10.1 Å². The molecule has 0 fully saturated rings. The topological polar surface area (TPSA) is 38.3 Å². The molecule has 0 aliphatic rings. The second-order valence-electron chi connectivity index (χ2n) is 4.20. The average Bonchev–Trinajstić information content (AvgIpc) is 2.36. The van der Waals surface area contributed by atoms with E-state index in [4.69, 9.17) is 4.74 Å². The summed E-state index contributed by atoms with van der Waals surface area (Å²) in [5.41, 5.74) is 1.16. The van der Waals surface area contributed by atoms with Gasteiger partial charge in [-0.2, -0.15) is 0 Å². The van der Waals surface area contributed by atoms with E-state index in [-0.39, 0.29) is 11.8 Å². The van der Waals surface area contributed by atoms with E-state index in [0.29, 0.717) is 6.42 Å². The molecule has 0 bridgehead atoms. The van der Waals surface area contributed by atoms with Crippen LogP contribution in [0.3, 0.4) is 0 Å². The van der Waals surface area contributed by atoms with E-state index in [1.807, 2.05) is 24.3 Å². The summed E-state index contributed by atoms with van der Waals surface area (Å²) in [6.45, 7) is 4.88. The summed E-state index contributed by atoms with van der Waals surface area (Å²) in [5, 5.41) is 2.64. The van der Waals surface area contributed by atoms with Crippen molar-refractivity contribution in [2.45, 2.75) is 32.6 Å². The lowest BCUT2D eigenvalue weighted by Gasteiger charge is -2.12. The lowest BCUT2D eigenvalue weighted by atomic mass is 9.97. The Labute approximate surface area is 103 Å². The molecule has 1 N–H and O–H groups in total. The number of ether oxygens (including phenoxy) is 1. The van der Waals surface area contributed by atoms with Crippen molar-refractivity contribution in [2.24, 2.45) is 0 Å². The number of nitrogens with one attached hydrogen (secondary N) is 1. The molecule has 0 saturated heterocycles. The summed E-state index contributed by atoms with van der Waals surface area (Å²) in [6, 6.07) is 7.98. The Morgan fingerprint density at radius 3 is 2.53 bits per heavy atom. The number of benzene rings is 1. The van der Waals surface area contributed by atoms with Crippen molar-refractivity contribution in [1.29, 1.82) is 0 Å². The van der Waals surface area contributed by atoms with Gasteiger partial charge in [-0.05, 0) is 30.0 Å². The fourth-order valence-electron chi connectivity index (χ4n) is 1.61.